The van der Waals surface area contributed by atoms with Gasteiger partial charge in [0.1, 0.15) is 0 Å². The molecule has 9 heteroatoms. The monoisotopic (exact) mass is 422 g/mol. The van der Waals surface area contributed by atoms with Crippen molar-refractivity contribution in [2.75, 3.05) is 6.61 Å². The highest BCUT2D eigenvalue weighted by Crippen LogP contribution is 2.30. The molecule has 0 aliphatic rings. The van der Waals surface area contributed by atoms with Gasteiger partial charge in [0.15, 0.2) is 0 Å². The van der Waals surface area contributed by atoms with E-state index in [0.717, 1.165) is 24.3 Å². The van der Waals surface area contributed by atoms with Crippen molar-refractivity contribution >= 4 is 5.97 Å². The van der Waals surface area contributed by atoms with Gasteiger partial charge in [-0.3, -0.25) is 4.79 Å². The zero-order valence-electron chi connectivity index (χ0n) is 15.2. The van der Waals surface area contributed by atoms with Gasteiger partial charge in [0.05, 0.1) is 11.1 Å². The van der Waals surface area contributed by atoms with Crippen LogP contribution in [0.3, 0.4) is 0 Å². The third kappa shape index (κ3) is 9.47. The second-order valence-electron chi connectivity index (χ2n) is 6.12. The maximum Gasteiger partial charge on any atom is 0.416 e. The first-order chi connectivity index (χ1) is 13.4. The number of hydrogen-bond acceptors (Lipinski definition) is 2. The number of hydrogen-bond donors (Lipinski definition) is 2. The van der Waals surface area contributed by atoms with E-state index in [9.17, 15) is 31.1 Å². The number of aliphatic hydroxyl groups is 1. The van der Waals surface area contributed by atoms with Crippen LogP contribution in [0.15, 0.2) is 48.5 Å². The second kappa shape index (κ2) is 10.8. The molecule has 0 fully saturated rings. The van der Waals surface area contributed by atoms with E-state index in [-0.39, 0.29) is 19.4 Å². The van der Waals surface area contributed by atoms with Crippen molar-refractivity contribution in [1.29, 1.82) is 0 Å². The molecule has 0 heterocycles. The number of alkyl halides is 6. The van der Waals surface area contributed by atoms with E-state index < -0.39 is 29.4 Å². The quantitative estimate of drug-likeness (QED) is 0.617. The van der Waals surface area contributed by atoms with Crippen LogP contribution in [0, 0.1) is 0 Å². The number of carboxylic acid groups (broad SMARTS) is 1. The molecule has 0 amide bonds. The minimum Gasteiger partial charge on any atom is -0.481 e. The SMILES string of the molecule is O=C(O)CCc1cccc(C(F)(F)F)c1.OCCCc1cccc(C(F)(F)F)c1. The van der Waals surface area contributed by atoms with E-state index in [0.29, 0.717) is 24.0 Å². The number of aryl methyl sites for hydroxylation is 2. The van der Waals surface area contributed by atoms with E-state index >= 15 is 0 Å². The van der Waals surface area contributed by atoms with Gasteiger partial charge in [-0.1, -0.05) is 36.4 Å². The Labute approximate surface area is 163 Å². The molecule has 0 saturated heterocycles. The predicted octanol–water partition coefficient (Wildman–Crippen LogP) is 5.35. The summed E-state index contributed by atoms with van der Waals surface area (Å²) in [6.07, 6.45) is -7.75. The molecule has 2 N–H and O–H groups in total. The number of aliphatic carboxylic acids is 1. The van der Waals surface area contributed by atoms with Crippen LogP contribution in [-0.4, -0.2) is 22.8 Å². The van der Waals surface area contributed by atoms with Crippen molar-refractivity contribution in [2.45, 2.75) is 38.0 Å². The maximum absolute atomic E-state index is 12.3. The minimum absolute atomic E-state index is 0.00372. The van der Waals surface area contributed by atoms with Crippen LogP contribution >= 0.6 is 0 Å². The fraction of sp³-hybridized carbons (Fsp3) is 0.350. The third-order valence-corrected chi connectivity index (χ3v) is 3.76. The second-order valence-corrected chi connectivity index (χ2v) is 6.12. The summed E-state index contributed by atoms with van der Waals surface area (Å²) in [5.41, 5.74) is -0.389. The largest absolute Gasteiger partial charge is 0.481 e. The highest BCUT2D eigenvalue weighted by molar-refractivity contribution is 5.67. The standard InChI is InChI=1S/C10H9F3O2.C10H11F3O/c11-10(12,13)8-3-1-2-7(6-8)4-5-9(14)15;11-10(12,13)9-5-1-3-8(7-9)4-2-6-14/h1-3,6H,4-5H2,(H,14,15);1,3,5,7,14H,2,4,6H2. The Bertz CT molecular complexity index is 784. The van der Waals surface area contributed by atoms with Gasteiger partial charge in [0.2, 0.25) is 0 Å². The summed E-state index contributed by atoms with van der Waals surface area (Å²) in [6.45, 7) is -0.00372. The molecule has 3 nitrogen and oxygen atoms in total. The average Bonchev–Trinajstić information content (AvgIpc) is 2.64. The number of rotatable bonds is 6. The molecule has 2 rings (SSSR count). The molecule has 0 saturated carbocycles. The molecule has 2 aromatic carbocycles. The molecule has 0 aromatic heterocycles. The van der Waals surface area contributed by atoms with Gasteiger partial charge < -0.3 is 10.2 Å². The molecule has 160 valence electrons. The highest BCUT2D eigenvalue weighted by Gasteiger charge is 2.30. The normalized spacial score (nSPS) is 11.6. The minimum atomic E-state index is -4.38. The number of carboxylic acids is 1. The van der Waals surface area contributed by atoms with Gasteiger partial charge in [0, 0.05) is 13.0 Å². The first-order valence-corrected chi connectivity index (χ1v) is 8.58. The summed E-state index contributed by atoms with van der Waals surface area (Å²) in [5, 5.41) is 16.9. The van der Waals surface area contributed by atoms with E-state index in [1.165, 1.54) is 18.2 Å². The summed E-state index contributed by atoms with van der Waals surface area (Å²) in [5.74, 6) is -1.02. The Hall–Kier alpha value is -2.55. The van der Waals surface area contributed by atoms with Crippen molar-refractivity contribution in [3.8, 4) is 0 Å². The van der Waals surface area contributed by atoms with Gasteiger partial charge in [-0.2, -0.15) is 26.3 Å². The van der Waals surface area contributed by atoms with E-state index in [4.69, 9.17) is 10.2 Å². The Kier molecular flexibility index (Phi) is 9.16. The summed E-state index contributed by atoms with van der Waals surface area (Å²) in [4.78, 5) is 10.2. The van der Waals surface area contributed by atoms with Crippen LogP contribution < -0.4 is 0 Å². The van der Waals surface area contributed by atoms with Crippen LogP contribution in [0.5, 0.6) is 0 Å². The summed E-state index contributed by atoms with van der Waals surface area (Å²) in [7, 11) is 0. The van der Waals surface area contributed by atoms with Crippen LogP contribution in [0.2, 0.25) is 0 Å². The Balaban J connectivity index is 0.000000291. The van der Waals surface area contributed by atoms with Gasteiger partial charge in [-0.15, -0.1) is 0 Å². The highest BCUT2D eigenvalue weighted by atomic mass is 19.4. The van der Waals surface area contributed by atoms with Gasteiger partial charge in [0.25, 0.3) is 0 Å². The average molecular weight is 422 g/mol. The molecule has 0 radical (unpaired) electrons. The van der Waals surface area contributed by atoms with Crippen LogP contribution in [0.25, 0.3) is 0 Å². The number of carbonyl (C=O) groups is 1. The maximum atomic E-state index is 12.3. The first-order valence-electron chi connectivity index (χ1n) is 8.58. The lowest BCUT2D eigenvalue weighted by atomic mass is 10.1. The molecular formula is C20H20F6O3. The Morgan fingerprint density at radius 2 is 1.24 bits per heavy atom. The summed E-state index contributed by atoms with van der Waals surface area (Å²) >= 11 is 0. The fourth-order valence-electron chi connectivity index (χ4n) is 2.34. The lowest BCUT2D eigenvalue weighted by molar-refractivity contribution is -0.138. The molecule has 29 heavy (non-hydrogen) atoms. The molecule has 0 bridgehead atoms. The van der Waals surface area contributed by atoms with Crippen molar-refractivity contribution < 1.29 is 41.4 Å². The number of benzene rings is 2. The van der Waals surface area contributed by atoms with Crippen LogP contribution in [0.1, 0.15) is 35.1 Å². The van der Waals surface area contributed by atoms with Gasteiger partial charge in [-0.05, 0) is 42.5 Å². The van der Waals surface area contributed by atoms with Gasteiger partial charge in [-0.25, -0.2) is 0 Å². The van der Waals surface area contributed by atoms with Crippen molar-refractivity contribution in [3.05, 3.63) is 70.8 Å². The van der Waals surface area contributed by atoms with E-state index in [2.05, 4.69) is 0 Å². The molecule has 0 atom stereocenters. The molecule has 2 aromatic rings. The number of halogens is 6. The molecule has 0 aliphatic heterocycles. The van der Waals surface area contributed by atoms with Crippen molar-refractivity contribution in [3.63, 3.8) is 0 Å². The third-order valence-electron chi connectivity index (χ3n) is 3.76. The predicted molar refractivity (Wildman–Crippen MR) is 94.3 cm³/mol. The Morgan fingerprint density at radius 1 is 0.793 bits per heavy atom. The van der Waals surface area contributed by atoms with Crippen LogP contribution in [-0.2, 0) is 30.0 Å². The van der Waals surface area contributed by atoms with Crippen LogP contribution in [0.4, 0.5) is 26.3 Å². The molecule has 0 aliphatic carbocycles. The smallest absolute Gasteiger partial charge is 0.416 e. The lowest BCUT2D eigenvalue weighted by Crippen LogP contribution is -2.05. The molecule has 0 unspecified atom stereocenters. The molecule has 0 spiro atoms. The topological polar surface area (TPSA) is 57.5 Å². The van der Waals surface area contributed by atoms with E-state index in [1.807, 2.05) is 0 Å². The lowest BCUT2D eigenvalue weighted by Gasteiger charge is -2.07. The Morgan fingerprint density at radius 3 is 1.62 bits per heavy atom. The summed E-state index contributed by atoms with van der Waals surface area (Å²) < 4.78 is 73.5. The van der Waals surface area contributed by atoms with Gasteiger partial charge >= 0.3 is 18.3 Å². The first kappa shape index (κ1) is 24.5. The van der Waals surface area contributed by atoms with Crippen molar-refractivity contribution in [1.82, 2.24) is 0 Å². The number of aliphatic hydroxyl groups excluding tert-OH is 1. The fourth-order valence-corrected chi connectivity index (χ4v) is 2.34. The summed E-state index contributed by atoms with van der Waals surface area (Å²) in [6, 6.07) is 9.88. The molecular weight excluding hydrogens is 402 g/mol. The van der Waals surface area contributed by atoms with E-state index in [1.54, 1.807) is 6.07 Å². The zero-order chi connectivity index (χ0) is 22.1. The zero-order valence-corrected chi connectivity index (χ0v) is 15.2. The van der Waals surface area contributed by atoms with Crippen molar-refractivity contribution in [2.24, 2.45) is 0 Å².